The van der Waals surface area contributed by atoms with E-state index < -0.39 is 29.3 Å². The molecule has 2 aromatic carbocycles. The molecule has 0 bridgehead atoms. The van der Waals surface area contributed by atoms with E-state index in [1.807, 2.05) is 0 Å². The predicted molar refractivity (Wildman–Crippen MR) is 104 cm³/mol. The number of halogens is 1. The maximum absolute atomic E-state index is 13.8. The first-order valence-corrected chi connectivity index (χ1v) is 9.07. The Morgan fingerprint density at radius 1 is 1.34 bits per heavy atom. The smallest absolute Gasteiger partial charge is 0.267 e. The van der Waals surface area contributed by atoms with Gasteiger partial charge in [-0.2, -0.15) is 0 Å². The summed E-state index contributed by atoms with van der Waals surface area (Å²) >= 11 is 0. The van der Waals surface area contributed by atoms with Crippen LogP contribution >= 0.6 is 0 Å². The van der Waals surface area contributed by atoms with Crippen LogP contribution in [0.4, 0.5) is 4.39 Å². The Morgan fingerprint density at radius 3 is 2.83 bits per heavy atom. The van der Waals surface area contributed by atoms with Gasteiger partial charge in [0.1, 0.15) is 17.6 Å². The van der Waals surface area contributed by atoms with E-state index in [2.05, 4.69) is 16.8 Å². The average molecular weight is 391 g/mol. The van der Waals surface area contributed by atoms with E-state index in [1.54, 1.807) is 31.3 Å². The highest BCUT2D eigenvalue weighted by atomic mass is 19.1. The van der Waals surface area contributed by atoms with Gasteiger partial charge in [-0.1, -0.05) is 24.0 Å². The fourth-order valence-corrected chi connectivity index (χ4v) is 3.63. The first-order valence-electron chi connectivity index (χ1n) is 9.07. The van der Waals surface area contributed by atoms with Gasteiger partial charge in [0.2, 0.25) is 5.60 Å². The van der Waals surface area contributed by atoms with Crippen molar-refractivity contribution in [1.29, 1.82) is 0 Å². The lowest BCUT2D eigenvalue weighted by Gasteiger charge is -2.13. The monoisotopic (exact) mass is 391 g/mol. The number of carbonyl (C=O) groups is 2. The Bertz CT molecular complexity index is 1130. The van der Waals surface area contributed by atoms with Crippen LogP contribution in [0, 0.1) is 17.7 Å². The summed E-state index contributed by atoms with van der Waals surface area (Å²) in [6.07, 6.45) is 0.247. The number of amides is 2. The maximum atomic E-state index is 13.8. The van der Waals surface area contributed by atoms with Crippen LogP contribution < -0.4 is 5.73 Å². The van der Waals surface area contributed by atoms with Gasteiger partial charge in [-0.15, -0.1) is 0 Å². The summed E-state index contributed by atoms with van der Waals surface area (Å²) in [5.41, 5.74) is 6.17. The number of likely N-dealkylation sites (N-methyl/N-ethyl adjacent to an activating group) is 1. The summed E-state index contributed by atoms with van der Waals surface area (Å²) in [7, 11) is 1.62. The molecule has 2 atom stereocenters. The van der Waals surface area contributed by atoms with E-state index in [1.165, 1.54) is 23.1 Å². The predicted octanol–water partition coefficient (Wildman–Crippen LogP) is 1.15. The third-order valence-corrected chi connectivity index (χ3v) is 5.18. The van der Waals surface area contributed by atoms with E-state index in [9.17, 15) is 19.1 Å². The fourth-order valence-electron chi connectivity index (χ4n) is 3.63. The van der Waals surface area contributed by atoms with Crippen molar-refractivity contribution in [3.05, 3.63) is 70.5 Å². The van der Waals surface area contributed by atoms with Gasteiger partial charge in [-0.3, -0.25) is 14.6 Å². The lowest BCUT2D eigenvalue weighted by Crippen LogP contribution is -2.37. The lowest BCUT2D eigenvalue weighted by molar-refractivity contribution is -0.137. The molecule has 1 unspecified atom stereocenters. The minimum Gasteiger partial charge on any atom is -0.369 e. The van der Waals surface area contributed by atoms with Crippen molar-refractivity contribution in [1.82, 2.24) is 4.90 Å². The number of hydrogen-bond donors (Lipinski definition) is 2. The number of nitrogens with zero attached hydrogens (tertiary/aromatic N) is 2. The second-order valence-electron chi connectivity index (χ2n) is 7.19. The number of nitrogens with two attached hydrogens (primary N) is 1. The molecule has 0 radical (unpaired) electrons. The van der Waals surface area contributed by atoms with Crippen LogP contribution in [0.15, 0.2) is 47.5 Å². The number of aliphatic imine (C=N–C) groups is 1. The van der Waals surface area contributed by atoms with Crippen molar-refractivity contribution >= 4 is 17.5 Å². The van der Waals surface area contributed by atoms with E-state index in [0.717, 1.165) is 0 Å². The normalized spacial score (nSPS) is 22.7. The second kappa shape index (κ2) is 6.83. The van der Waals surface area contributed by atoms with Crippen LogP contribution in [0.1, 0.15) is 34.7 Å². The van der Waals surface area contributed by atoms with Crippen LogP contribution in [0.5, 0.6) is 0 Å². The van der Waals surface area contributed by atoms with Crippen LogP contribution in [0.2, 0.25) is 0 Å². The van der Waals surface area contributed by atoms with Crippen molar-refractivity contribution in [2.45, 2.75) is 18.1 Å². The van der Waals surface area contributed by atoms with Crippen molar-refractivity contribution in [3.8, 4) is 11.8 Å². The zero-order chi connectivity index (χ0) is 20.8. The SMILES string of the molecule is CN1CC[C@@](O)(C#Cc2cccc(C3N=C(C(N)=O)c4ccc(F)cc43)c2)C1=O. The van der Waals surface area contributed by atoms with E-state index >= 15 is 0 Å². The van der Waals surface area contributed by atoms with Gasteiger partial charge >= 0.3 is 0 Å². The molecule has 1 saturated heterocycles. The van der Waals surface area contributed by atoms with Crippen molar-refractivity contribution in [3.63, 3.8) is 0 Å². The molecule has 146 valence electrons. The molecule has 0 spiro atoms. The summed E-state index contributed by atoms with van der Waals surface area (Å²) in [4.78, 5) is 29.7. The molecule has 3 N–H and O–H groups in total. The third kappa shape index (κ3) is 3.28. The van der Waals surface area contributed by atoms with Crippen LogP contribution in [0.3, 0.4) is 0 Å². The highest BCUT2D eigenvalue weighted by molar-refractivity contribution is 6.46. The molecule has 2 heterocycles. The van der Waals surface area contributed by atoms with E-state index in [4.69, 9.17) is 5.73 Å². The Balaban J connectivity index is 1.71. The number of primary amides is 1. The van der Waals surface area contributed by atoms with Crippen LogP contribution in [-0.2, 0) is 9.59 Å². The van der Waals surface area contributed by atoms with Crippen LogP contribution in [-0.4, -0.2) is 46.7 Å². The van der Waals surface area contributed by atoms with E-state index in [-0.39, 0.29) is 12.1 Å². The largest absolute Gasteiger partial charge is 0.369 e. The van der Waals surface area contributed by atoms with Gasteiger partial charge in [-0.25, -0.2) is 4.39 Å². The van der Waals surface area contributed by atoms with Crippen molar-refractivity contribution < 1.29 is 19.1 Å². The molecule has 4 rings (SSSR count). The number of benzene rings is 2. The van der Waals surface area contributed by atoms with Crippen molar-refractivity contribution in [2.75, 3.05) is 13.6 Å². The molecular weight excluding hydrogens is 373 g/mol. The Labute approximate surface area is 166 Å². The molecule has 0 saturated carbocycles. The third-order valence-electron chi connectivity index (χ3n) is 5.18. The first kappa shape index (κ1) is 18.8. The molecule has 6 nitrogen and oxygen atoms in total. The number of hydrogen-bond acceptors (Lipinski definition) is 4. The Kier molecular flexibility index (Phi) is 4.44. The quantitative estimate of drug-likeness (QED) is 0.752. The summed E-state index contributed by atoms with van der Waals surface area (Å²) < 4.78 is 13.8. The van der Waals surface area contributed by atoms with Gasteiger partial charge in [0.15, 0.2) is 0 Å². The number of likely N-dealkylation sites (tertiary alicyclic amines) is 1. The Hall–Kier alpha value is -3.50. The first-order chi connectivity index (χ1) is 13.8. The molecule has 0 aliphatic carbocycles. The average Bonchev–Trinajstić information content (AvgIpc) is 3.20. The molecule has 2 aliphatic heterocycles. The highest BCUT2D eigenvalue weighted by Crippen LogP contribution is 2.35. The van der Waals surface area contributed by atoms with Gasteiger partial charge in [0.05, 0.1) is 0 Å². The summed E-state index contributed by atoms with van der Waals surface area (Å²) in [5.74, 6) is 3.99. The summed E-state index contributed by atoms with van der Waals surface area (Å²) in [6, 6.07) is 10.5. The Morgan fingerprint density at radius 2 is 2.14 bits per heavy atom. The topological polar surface area (TPSA) is 96.0 Å². The molecule has 2 aromatic rings. The highest BCUT2D eigenvalue weighted by Gasteiger charge is 2.42. The molecule has 0 aromatic heterocycles. The minimum atomic E-state index is -1.69. The number of carbonyl (C=O) groups excluding carboxylic acids is 2. The molecule has 2 aliphatic rings. The summed E-state index contributed by atoms with van der Waals surface area (Å²) in [5, 5.41) is 10.4. The number of aliphatic hydroxyl groups is 1. The van der Waals surface area contributed by atoms with E-state index in [0.29, 0.717) is 28.8 Å². The van der Waals surface area contributed by atoms with Gasteiger partial charge in [0, 0.05) is 31.1 Å². The van der Waals surface area contributed by atoms with Gasteiger partial charge in [0.25, 0.3) is 11.8 Å². The fraction of sp³-hybridized carbons (Fsp3) is 0.227. The summed E-state index contributed by atoms with van der Waals surface area (Å²) in [6.45, 7) is 0.444. The molecule has 29 heavy (non-hydrogen) atoms. The zero-order valence-electron chi connectivity index (χ0n) is 15.6. The van der Waals surface area contributed by atoms with Crippen molar-refractivity contribution in [2.24, 2.45) is 10.7 Å². The van der Waals surface area contributed by atoms with Crippen LogP contribution in [0.25, 0.3) is 0 Å². The zero-order valence-corrected chi connectivity index (χ0v) is 15.6. The second-order valence-corrected chi connectivity index (χ2v) is 7.19. The number of rotatable bonds is 2. The molecule has 2 amide bonds. The standard InChI is InChI=1S/C22H18FN3O3/c1-26-10-9-22(29,21(26)28)8-7-13-3-2-4-14(11-13)18-17-12-15(23)5-6-16(17)19(25-18)20(24)27/h2-6,11-12,18,29H,9-10H2,1H3,(H2,24,27)/t18?,22-/m0/s1. The molecular formula is C22H18FN3O3. The lowest BCUT2D eigenvalue weighted by atomic mass is 9.95. The van der Waals surface area contributed by atoms with Gasteiger partial charge in [-0.05, 0) is 41.5 Å². The minimum absolute atomic E-state index is 0.107. The van der Waals surface area contributed by atoms with Gasteiger partial charge < -0.3 is 15.7 Å². The molecule has 1 fully saturated rings. The maximum Gasteiger partial charge on any atom is 0.267 e. The number of fused-ring (bicyclic) bond motifs is 1. The molecule has 7 heteroatoms.